The number of anilines is 3. The lowest BCUT2D eigenvalue weighted by molar-refractivity contribution is 0.650. The zero-order chi connectivity index (χ0) is 40.4. The first kappa shape index (κ1) is 35.7. The Labute approximate surface area is 360 Å². The summed E-state index contributed by atoms with van der Waals surface area (Å²) in [7, 11) is 0. The van der Waals surface area contributed by atoms with Crippen LogP contribution in [0.2, 0.25) is 0 Å². The van der Waals surface area contributed by atoms with Crippen LogP contribution in [-0.4, -0.2) is 0 Å². The number of hydrogen-bond acceptors (Lipinski definition) is 2. The predicted octanol–water partition coefficient (Wildman–Crippen LogP) is 17.1. The van der Waals surface area contributed by atoms with Gasteiger partial charge >= 0.3 is 0 Å². The highest BCUT2D eigenvalue weighted by Gasteiger charge is 2.33. The molecule has 1 aromatic heterocycles. The van der Waals surface area contributed by atoms with E-state index in [1.54, 1.807) is 0 Å². The van der Waals surface area contributed by atoms with Gasteiger partial charge in [0, 0.05) is 42.4 Å². The Hall–Kier alpha value is -7.26. The number of benzene rings is 10. The maximum Gasteiger partial charge on any atom is 0.0540 e. The zero-order valence-electron chi connectivity index (χ0n) is 33.8. The first-order chi connectivity index (χ1) is 30.2. The fourth-order valence-electron chi connectivity index (χ4n) is 10.3. The van der Waals surface area contributed by atoms with Gasteiger partial charge in [0.1, 0.15) is 0 Å². The van der Waals surface area contributed by atoms with Gasteiger partial charge in [-0.05, 0) is 104 Å². The molecule has 12 rings (SSSR count). The summed E-state index contributed by atoms with van der Waals surface area (Å²) >= 11 is 1.89. The smallest absolute Gasteiger partial charge is 0.0540 e. The van der Waals surface area contributed by atoms with Gasteiger partial charge in [-0.3, -0.25) is 0 Å². The number of thiophene rings is 1. The van der Waals surface area contributed by atoms with Crippen LogP contribution in [0, 0.1) is 0 Å². The van der Waals surface area contributed by atoms with Gasteiger partial charge < -0.3 is 4.90 Å². The Kier molecular flexibility index (Phi) is 8.47. The summed E-state index contributed by atoms with van der Waals surface area (Å²) in [5.41, 5.74) is 15.1. The fraction of sp³-hybridized carbons (Fsp3) is 0.0508. The van der Waals surface area contributed by atoms with Crippen LogP contribution in [0.5, 0.6) is 0 Å². The minimum atomic E-state index is 0.195. The third-order valence-corrected chi connectivity index (χ3v) is 14.2. The van der Waals surface area contributed by atoms with Crippen LogP contribution in [0.25, 0.3) is 75.1 Å². The summed E-state index contributed by atoms with van der Waals surface area (Å²) in [5.74, 6) is 0.493. The van der Waals surface area contributed by atoms with E-state index in [0.29, 0.717) is 5.92 Å². The molecule has 0 saturated heterocycles. The van der Waals surface area contributed by atoms with Crippen molar-refractivity contribution in [1.82, 2.24) is 0 Å². The van der Waals surface area contributed by atoms with Gasteiger partial charge in [-0.25, -0.2) is 0 Å². The molecular formula is C59H41NS. The molecule has 0 bridgehead atoms. The number of rotatable bonds is 6. The topological polar surface area (TPSA) is 3.24 Å². The van der Waals surface area contributed by atoms with E-state index in [1.165, 1.54) is 91.8 Å². The van der Waals surface area contributed by atoms with Crippen LogP contribution in [0.4, 0.5) is 17.1 Å². The molecule has 1 aliphatic rings. The average molecular weight is 796 g/mol. The van der Waals surface area contributed by atoms with Crippen molar-refractivity contribution < 1.29 is 0 Å². The number of para-hydroxylation sites is 1. The summed E-state index contributed by atoms with van der Waals surface area (Å²) in [6.07, 6.45) is 0. The Morgan fingerprint density at radius 1 is 0.361 bits per heavy atom. The first-order valence-corrected chi connectivity index (χ1v) is 22.1. The van der Waals surface area contributed by atoms with Crippen molar-refractivity contribution in [3.63, 3.8) is 0 Å². The first-order valence-electron chi connectivity index (χ1n) is 21.3. The standard InChI is InChI=1S/C59H41NS/c1-38-43-20-6-8-24-47(43)49-34-32-41(36-53(49)59(38)42-33-35-58-52(37-42)51-27-11-13-31-57(51)61-58)44-21-7-9-25-48(44)50-26-10-12-28-56(50)60(54-29-14-18-39-16-2-4-22-45(39)54)55-30-15-19-40-17-3-5-23-46(40)55/h2-38,59H,1H3. The highest BCUT2D eigenvalue weighted by atomic mass is 32.1. The van der Waals surface area contributed by atoms with E-state index in [2.05, 4.69) is 230 Å². The molecule has 1 aliphatic carbocycles. The van der Waals surface area contributed by atoms with Crippen molar-refractivity contribution in [2.24, 2.45) is 0 Å². The average Bonchev–Trinajstić information content (AvgIpc) is 3.70. The number of nitrogens with zero attached hydrogens (tertiary/aromatic N) is 1. The zero-order valence-corrected chi connectivity index (χ0v) is 34.6. The Morgan fingerprint density at radius 2 is 0.902 bits per heavy atom. The van der Waals surface area contributed by atoms with E-state index in [1.807, 2.05) is 11.3 Å². The molecule has 2 atom stereocenters. The molecule has 11 aromatic rings. The van der Waals surface area contributed by atoms with E-state index >= 15 is 0 Å². The molecule has 0 spiro atoms. The lowest BCUT2D eigenvalue weighted by atomic mass is 9.69. The molecule has 0 amide bonds. The van der Waals surface area contributed by atoms with Crippen LogP contribution >= 0.6 is 11.3 Å². The molecular weight excluding hydrogens is 755 g/mol. The molecule has 0 radical (unpaired) electrons. The largest absolute Gasteiger partial charge is 0.309 e. The van der Waals surface area contributed by atoms with Crippen LogP contribution in [0.1, 0.15) is 35.4 Å². The monoisotopic (exact) mass is 795 g/mol. The maximum absolute atomic E-state index is 2.51. The molecule has 0 N–H and O–H groups in total. The third-order valence-electron chi connectivity index (χ3n) is 13.1. The molecule has 0 aliphatic heterocycles. The van der Waals surface area contributed by atoms with Crippen LogP contribution < -0.4 is 4.90 Å². The van der Waals surface area contributed by atoms with Crippen molar-refractivity contribution in [2.45, 2.75) is 18.8 Å². The van der Waals surface area contributed by atoms with Gasteiger partial charge in [0.15, 0.2) is 0 Å². The summed E-state index contributed by atoms with van der Waals surface area (Å²) in [5, 5.41) is 7.55. The summed E-state index contributed by atoms with van der Waals surface area (Å²) in [4.78, 5) is 2.49. The van der Waals surface area contributed by atoms with Gasteiger partial charge in [-0.2, -0.15) is 0 Å². The maximum atomic E-state index is 2.51. The van der Waals surface area contributed by atoms with Crippen molar-refractivity contribution >= 4 is 70.1 Å². The molecule has 1 heterocycles. The van der Waals surface area contributed by atoms with Gasteiger partial charge in [0.25, 0.3) is 0 Å². The van der Waals surface area contributed by atoms with E-state index in [9.17, 15) is 0 Å². The minimum absolute atomic E-state index is 0.195. The molecule has 1 nitrogen and oxygen atoms in total. The summed E-state index contributed by atoms with van der Waals surface area (Å²) in [6.45, 7) is 2.42. The van der Waals surface area contributed by atoms with E-state index in [4.69, 9.17) is 0 Å². The predicted molar refractivity (Wildman–Crippen MR) is 262 cm³/mol. The number of fused-ring (bicyclic) bond motifs is 8. The highest BCUT2D eigenvalue weighted by Crippen LogP contribution is 2.53. The Bertz CT molecular complexity index is 3390. The van der Waals surface area contributed by atoms with Crippen LogP contribution in [0.15, 0.2) is 218 Å². The van der Waals surface area contributed by atoms with Crippen molar-refractivity contribution in [3.05, 3.63) is 235 Å². The second kappa shape index (κ2) is 14.5. The van der Waals surface area contributed by atoms with Crippen molar-refractivity contribution in [3.8, 4) is 33.4 Å². The second-order valence-electron chi connectivity index (χ2n) is 16.4. The van der Waals surface area contributed by atoms with Crippen molar-refractivity contribution in [2.75, 3.05) is 4.90 Å². The molecule has 2 unspecified atom stereocenters. The minimum Gasteiger partial charge on any atom is -0.309 e. The summed E-state index contributed by atoms with van der Waals surface area (Å²) in [6, 6.07) is 81.2. The van der Waals surface area contributed by atoms with E-state index in [-0.39, 0.29) is 5.92 Å². The van der Waals surface area contributed by atoms with E-state index in [0.717, 1.165) is 17.1 Å². The molecule has 10 aromatic carbocycles. The van der Waals surface area contributed by atoms with Gasteiger partial charge in [-0.1, -0.05) is 183 Å². The molecule has 0 fully saturated rings. The van der Waals surface area contributed by atoms with Gasteiger partial charge in [0.05, 0.1) is 17.1 Å². The van der Waals surface area contributed by atoms with Crippen LogP contribution in [-0.2, 0) is 0 Å². The molecule has 0 saturated carbocycles. The van der Waals surface area contributed by atoms with Gasteiger partial charge in [0.2, 0.25) is 0 Å². The van der Waals surface area contributed by atoms with Crippen LogP contribution in [0.3, 0.4) is 0 Å². The summed E-state index contributed by atoms with van der Waals surface area (Å²) < 4.78 is 2.69. The van der Waals surface area contributed by atoms with Gasteiger partial charge in [-0.15, -0.1) is 11.3 Å². The Morgan fingerprint density at radius 3 is 1.66 bits per heavy atom. The normalized spacial score (nSPS) is 14.6. The second-order valence-corrected chi connectivity index (χ2v) is 17.5. The number of hydrogen-bond donors (Lipinski definition) is 0. The molecule has 288 valence electrons. The lowest BCUT2D eigenvalue weighted by Gasteiger charge is -2.34. The molecule has 61 heavy (non-hydrogen) atoms. The molecule has 2 heteroatoms. The Balaban J connectivity index is 1.06. The third kappa shape index (κ3) is 5.82. The SMILES string of the molecule is CC1c2ccccc2-c2ccc(-c3ccccc3-c3ccccc3N(c3cccc4ccccc34)c3cccc4ccccc34)cc2C1c1ccc2sc3ccccc3c2c1. The fourth-order valence-corrected chi connectivity index (χ4v) is 11.4. The van der Waals surface area contributed by atoms with E-state index < -0.39 is 0 Å². The highest BCUT2D eigenvalue weighted by molar-refractivity contribution is 7.25. The van der Waals surface area contributed by atoms with Crippen molar-refractivity contribution in [1.29, 1.82) is 0 Å². The lowest BCUT2D eigenvalue weighted by Crippen LogP contribution is -2.17. The quantitative estimate of drug-likeness (QED) is 0.162.